The second-order valence-electron chi connectivity index (χ2n) is 32.5. The zero-order chi connectivity index (χ0) is 102. The Bertz CT molecular complexity index is 6650. The summed E-state index contributed by atoms with van der Waals surface area (Å²) in [4.78, 5) is 151. The second-order valence-corrected chi connectivity index (χ2v) is 37.1. The molecule has 39 nitrogen and oxygen atoms in total. The van der Waals surface area contributed by atoms with Crippen molar-refractivity contribution in [2.45, 2.75) is 100 Å². The number of nitrogens with one attached hydrogen (secondary N) is 9. The lowest BCUT2D eigenvalue weighted by Crippen LogP contribution is -2.40. The summed E-state index contributed by atoms with van der Waals surface area (Å²) in [5.41, 5.74) is 18.0. The first-order chi connectivity index (χ1) is 65.5. The molecule has 0 atom stereocenters. The van der Waals surface area contributed by atoms with E-state index in [4.69, 9.17) is 68.6 Å². The highest BCUT2D eigenvalue weighted by atomic mass is 32.1. The smallest absolute Gasteiger partial charge is 0.353 e. The van der Waals surface area contributed by atoms with Crippen LogP contribution >= 0.6 is 45.3 Å². The third-order valence-corrected chi connectivity index (χ3v) is 24.9. The van der Waals surface area contributed by atoms with Crippen molar-refractivity contribution in [2.75, 3.05) is 30.3 Å². The van der Waals surface area contributed by atoms with E-state index in [1.54, 1.807) is 77.9 Å². The van der Waals surface area contributed by atoms with Crippen LogP contribution in [0.25, 0.3) is 0 Å². The van der Waals surface area contributed by atoms with Crippen molar-refractivity contribution in [2.24, 2.45) is 60.0 Å². The Balaban J connectivity index is 0.000000208. The lowest BCUT2D eigenvalue weighted by atomic mass is 9.77. The lowest BCUT2D eigenvalue weighted by molar-refractivity contribution is -0.129. The Kier molecular flexibility index (Phi) is 35.8. The third kappa shape index (κ3) is 29.4. The first-order valence-corrected chi connectivity index (χ1v) is 44.6. The predicted molar refractivity (Wildman–Crippen MR) is 505 cm³/mol. The fourth-order valence-corrected chi connectivity index (χ4v) is 17.1. The molecule has 1 aliphatic rings. The van der Waals surface area contributed by atoms with Gasteiger partial charge in [0, 0.05) is 82.3 Å². The third-order valence-electron chi connectivity index (χ3n) is 20.7. The van der Waals surface area contributed by atoms with Gasteiger partial charge in [-0.2, -0.15) is 10.3 Å². The van der Waals surface area contributed by atoms with E-state index in [0.29, 0.717) is 66.5 Å². The summed E-state index contributed by atoms with van der Waals surface area (Å²) < 4.78 is 77.2. The van der Waals surface area contributed by atoms with Gasteiger partial charge in [0.05, 0.1) is 39.9 Å². The van der Waals surface area contributed by atoms with Gasteiger partial charge in [0.25, 0.3) is 0 Å². The minimum atomic E-state index is -1.44. The van der Waals surface area contributed by atoms with Crippen molar-refractivity contribution in [3.63, 3.8) is 0 Å². The van der Waals surface area contributed by atoms with Crippen molar-refractivity contribution in [3.05, 3.63) is 270 Å². The molecule has 6 heterocycles. The molecular formula is C92H91F4N19O20S4. The molecule has 0 spiro atoms. The number of carboxylic acids is 4. The SMILES string of the molecule is CC(C)(Cc1ccc(C(=O)Oc2ccc(C(=N)N)cc2F)s1)C(=O)NCC1=NN=NC1.CC(C)(Cc1ccc(C(=O)Oc2ccc(C(=N)N)cc2F)s1)C(=O)NCCc1nn[nH]n1.CC(C)(Cc1ccc(C(=O)Oc2ccc(C(=N)N)cc2F)s1)C(=O)Nc1ccc(C(=O)O)c(C(=O)O)c1.CCC(CC)(Cc1ccc(C(=O)Oc2ccc(C(=N)N)cc2F)s1)C(=O)Nc1cc(C(=O)O)cc(C(=O)O)c1. The second kappa shape index (κ2) is 46.8. The van der Waals surface area contributed by atoms with E-state index in [1.165, 1.54) is 102 Å². The van der Waals surface area contributed by atoms with Crippen LogP contribution in [-0.2, 0) is 51.3 Å². The van der Waals surface area contributed by atoms with Crippen LogP contribution < -0.4 is 63.1 Å². The number of nitrogens with zero attached hydrogens (tertiary/aromatic N) is 6. The number of carbonyl (C=O) groups excluding carboxylic acids is 8. The Morgan fingerprint density at radius 1 is 0.417 bits per heavy atom. The van der Waals surface area contributed by atoms with Crippen LogP contribution in [0.5, 0.6) is 23.0 Å². The van der Waals surface area contributed by atoms with Gasteiger partial charge in [0.1, 0.15) is 49.4 Å². The van der Waals surface area contributed by atoms with E-state index in [1.807, 2.05) is 13.8 Å². The number of H-pyrrole nitrogens is 1. The number of benzene rings is 6. The quantitative estimate of drug-likeness (QED) is 0.00565. The number of aromatic carboxylic acids is 4. The van der Waals surface area contributed by atoms with E-state index in [0.717, 1.165) is 74.9 Å². The zero-order valence-corrected chi connectivity index (χ0v) is 78.3. The molecule has 0 aliphatic carbocycles. The number of amides is 4. The van der Waals surface area contributed by atoms with E-state index in [2.05, 4.69) is 57.3 Å². The van der Waals surface area contributed by atoms with Gasteiger partial charge < -0.3 is 83.6 Å². The molecular weight excluding hydrogens is 1900 g/mol. The number of thiophene rings is 4. The predicted octanol–water partition coefficient (Wildman–Crippen LogP) is 13.5. The first-order valence-electron chi connectivity index (χ1n) is 41.3. The van der Waals surface area contributed by atoms with Gasteiger partial charge in [-0.25, -0.2) is 55.9 Å². The number of halogens is 4. The summed E-state index contributed by atoms with van der Waals surface area (Å²) in [6, 6.07) is 34.2. The summed E-state index contributed by atoms with van der Waals surface area (Å²) in [5.74, 6) is -14.9. The van der Waals surface area contributed by atoms with Gasteiger partial charge in [-0.1, -0.05) is 60.6 Å². The summed E-state index contributed by atoms with van der Waals surface area (Å²) in [7, 11) is 0. The van der Waals surface area contributed by atoms with Gasteiger partial charge >= 0.3 is 47.8 Å². The Morgan fingerprint density at radius 3 is 1.10 bits per heavy atom. The molecule has 0 unspecified atom stereocenters. The largest absolute Gasteiger partial charge is 0.478 e. The van der Waals surface area contributed by atoms with Crippen molar-refractivity contribution < 1.29 is 114 Å². The molecule has 21 N–H and O–H groups in total. The van der Waals surface area contributed by atoms with Crippen LogP contribution in [0.3, 0.4) is 0 Å². The molecule has 0 saturated heterocycles. The van der Waals surface area contributed by atoms with Gasteiger partial charge in [-0.05, 0) is 201 Å². The monoisotopic (exact) mass is 1990 g/mol. The van der Waals surface area contributed by atoms with E-state index in [-0.39, 0.29) is 142 Å². The minimum Gasteiger partial charge on any atom is -0.478 e. The van der Waals surface area contributed by atoms with Crippen molar-refractivity contribution in [3.8, 4) is 23.0 Å². The van der Waals surface area contributed by atoms with Gasteiger partial charge in [0.2, 0.25) is 23.6 Å². The van der Waals surface area contributed by atoms with Crippen LogP contribution in [0, 0.1) is 66.6 Å². The first kappa shape index (κ1) is 106. The maximum absolute atomic E-state index is 14.3. The summed E-state index contributed by atoms with van der Waals surface area (Å²) >= 11 is 4.50. The molecule has 0 saturated carbocycles. The highest BCUT2D eigenvalue weighted by Crippen LogP contribution is 2.38. The van der Waals surface area contributed by atoms with E-state index in [9.17, 15) is 90.4 Å². The number of aromatic nitrogens is 4. The minimum absolute atomic E-state index is 0.0387. The maximum atomic E-state index is 14.3. The van der Waals surface area contributed by atoms with Crippen molar-refractivity contribution >= 4 is 157 Å². The van der Waals surface area contributed by atoms with Crippen LogP contribution in [0.15, 0.2) is 173 Å². The molecule has 47 heteroatoms. The number of tetrazole rings is 1. The fourth-order valence-electron chi connectivity index (χ4n) is 12.8. The Labute approximate surface area is 803 Å². The van der Waals surface area contributed by atoms with Gasteiger partial charge in [0.15, 0.2) is 52.1 Å². The summed E-state index contributed by atoms with van der Waals surface area (Å²) in [6.45, 7) is 15.2. The number of esters is 4. The van der Waals surface area contributed by atoms with Crippen molar-refractivity contribution in [1.29, 1.82) is 21.6 Å². The van der Waals surface area contributed by atoms with Crippen LogP contribution in [0.1, 0.15) is 196 Å². The Morgan fingerprint density at radius 2 is 0.777 bits per heavy atom. The van der Waals surface area contributed by atoms with Crippen LogP contribution in [0.2, 0.25) is 0 Å². The summed E-state index contributed by atoms with van der Waals surface area (Å²) in [5, 5.41) is 102. The number of carbonyl (C=O) groups is 12. The molecule has 1 aliphatic heterocycles. The molecule has 0 bridgehead atoms. The van der Waals surface area contributed by atoms with Crippen molar-refractivity contribution in [1.82, 2.24) is 31.3 Å². The summed E-state index contributed by atoms with van der Waals surface area (Å²) in [6.07, 6.45) is 2.49. The number of nitrogen functional groups attached to an aromatic ring is 4. The normalized spacial score (nSPS) is 11.5. The average Bonchev–Trinajstić information content (AvgIpc) is 1.73. The molecule has 726 valence electrons. The molecule has 139 heavy (non-hydrogen) atoms. The van der Waals surface area contributed by atoms with Crippen LogP contribution in [0.4, 0.5) is 28.9 Å². The van der Waals surface area contributed by atoms with E-state index >= 15 is 0 Å². The maximum Gasteiger partial charge on any atom is 0.353 e. The molecule has 0 fully saturated rings. The van der Waals surface area contributed by atoms with Gasteiger partial charge in [-0.3, -0.25) is 40.8 Å². The van der Waals surface area contributed by atoms with Crippen LogP contribution in [-0.4, -0.2) is 161 Å². The topological polar surface area (TPSA) is 662 Å². The Hall–Kier alpha value is -16.3. The number of anilines is 2. The number of amidine groups is 4. The molecule has 4 amide bonds. The highest BCUT2D eigenvalue weighted by Gasteiger charge is 2.38. The molecule has 6 aromatic carbocycles. The average molecular weight is 1990 g/mol. The molecule has 5 aromatic heterocycles. The highest BCUT2D eigenvalue weighted by molar-refractivity contribution is 7.15. The number of ether oxygens (including phenoxy) is 4. The fraction of sp³-hybridized carbons (Fsp3) is 0.239. The lowest BCUT2D eigenvalue weighted by Gasteiger charge is -2.30. The number of nitrogens with two attached hydrogens (primary N) is 4. The molecule has 11 aromatic rings. The number of aromatic amines is 1. The zero-order valence-electron chi connectivity index (χ0n) is 75.0. The number of hydrogen-bond donors (Lipinski definition) is 17. The molecule has 12 rings (SSSR count). The standard InChI is InChI=1S/C27H26FN3O7S.C25H22FN3O7S.C20H22FN7O3S.C20H21FN6O3S/c1-3-27(4-2,26(37)31-17-10-15(23(32)33)9-16(11-17)24(34)35)13-18-6-8-21(39-18)25(36)38-20-7-5-14(22(29)30)12-19(20)28;1-25(2,24(35)29-13-4-6-15(21(30)31)16(10-13)22(32)33)11-14-5-8-19(37-14)23(34)36-18-7-3-12(20(27)28)9-17(18)26;1-20(2,19(30)24-8-7-16-25-27-28-26-16)10-12-4-6-15(32-12)18(29)31-14-5-3-11(17(22)23)9-13(14)21;1-20(2,19(29)24-9-12-10-25-27-26-12)8-13-4-6-16(31-13)18(28)30-15-5-3-11(17(22)23)7-14(15)21/h5-12H,3-4,13H2,1-2H3,(H3,29,30)(H,31,37)(H,32,33)(H,34,35);3-10H,11H2,1-2H3,(H3,27,28)(H,29,35)(H,30,31)(H,32,33);3-6,9H,7-8,10H2,1-2H3,(H3,22,23)(H,24,30)(H,25,26,27,28);3-7H,8-10H2,1-2H3,(H3,22,23)(H,24,29). The number of carboxylic acid groups (broad SMARTS) is 4. The van der Waals surface area contributed by atoms with E-state index < -0.39 is 116 Å². The van der Waals surface area contributed by atoms with Gasteiger partial charge in [-0.15, -0.1) is 60.6 Å². The molecule has 0 radical (unpaired) electrons. The number of rotatable bonds is 37. The number of hydrogen-bond acceptors (Lipinski definition) is 30.